The first-order valence-electron chi connectivity index (χ1n) is 8.63. The predicted octanol–water partition coefficient (Wildman–Crippen LogP) is 6.42. The second-order valence-corrected chi connectivity index (χ2v) is 6.55. The fourth-order valence-corrected chi connectivity index (χ4v) is 3.00. The normalized spacial score (nSPS) is 11.7. The van der Waals surface area contributed by atoms with Crippen molar-refractivity contribution >= 4 is 0 Å². The molecular weight excluding hydrogens is 346 g/mol. The lowest BCUT2D eigenvalue weighted by atomic mass is 10.1. The van der Waals surface area contributed by atoms with Crippen molar-refractivity contribution in [3.63, 3.8) is 0 Å². The molecule has 2 heterocycles. The van der Waals surface area contributed by atoms with Crippen LogP contribution in [0.1, 0.15) is 18.2 Å². The lowest BCUT2D eigenvalue weighted by Gasteiger charge is -2.10. The monoisotopic (exact) mass is 364 g/mol. The van der Waals surface area contributed by atoms with E-state index in [2.05, 4.69) is 9.97 Å². The van der Waals surface area contributed by atoms with Gasteiger partial charge in [-0.15, -0.1) is 0 Å². The minimum absolute atomic E-state index is 0.0211. The Labute approximate surface area is 155 Å². The smallest absolute Gasteiger partial charge is 0.270 e. The zero-order valence-electron chi connectivity index (χ0n) is 15.0. The predicted molar refractivity (Wildman–Crippen MR) is 101 cm³/mol. The molecule has 0 spiro atoms. The van der Waals surface area contributed by atoms with Gasteiger partial charge in [-0.05, 0) is 19.1 Å². The third-order valence-corrected chi connectivity index (χ3v) is 4.45. The van der Waals surface area contributed by atoms with E-state index in [1.165, 1.54) is 12.1 Å². The first-order chi connectivity index (χ1) is 12.9. The van der Waals surface area contributed by atoms with Gasteiger partial charge in [0, 0.05) is 29.3 Å². The molecule has 4 aromatic rings. The maximum atomic E-state index is 13.4. The van der Waals surface area contributed by atoms with E-state index in [-0.39, 0.29) is 5.56 Å². The Morgan fingerprint density at radius 3 is 2.19 bits per heavy atom. The average molecular weight is 364 g/mol. The van der Waals surface area contributed by atoms with Crippen molar-refractivity contribution in [2.45, 2.75) is 19.8 Å². The van der Waals surface area contributed by atoms with Gasteiger partial charge in [0.2, 0.25) is 0 Å². The molecule has 0 bridgehead atoms. The maximum absolute atomic E-state index is 13.4. The number of benzene rings is 2. The van der Waals surface area contributed by atoms with Crippen LogP contribution in [-0.4, -0.2) is 9.97 Å². The number of nitrogens with zero attached hydrogens (tertiary/aromatic N) is 1. The van der Waals surface area contributed by atoms with Crippen molar-refractivity contribution < 1.29 is 13.2 Å². The summed E-state index contributed by atoms with van der Waals surface area (Å²) in [6, 6.07) is 19.7. The molecule has 0 atom stereocenters. The van der Waals surface area contributed by atoms with Crippen molar-refractivity contribution in [3.8, 4) is 34.2 Å². The molecule has 0 unspecified atom stereocenters. The van der Waals surface area contributed by atoms with Crippen molar-refractivity contribution in [3.05, 3.63) is 78.0 Å². The lowest BCUT2D eigenvalue weighted by Crippen LogP contribution is -2.06. The Hall–Kier alpha value is -3.21. The Morgan fingerprint density at radius 1 is 0.852 bits per heavy atom. The summed E-state index contributed by atoms with van der Waals surface area (Å²) < 4.78 is 32.6. The third kappa shape index (κ3) is 3.40. The Bertz CT molecular complexity index is 1060. The van der Waals surface area contributed by atoms with Crippen LogP contribution in [0.5, 0.6) is 0 Å². The number of rotatable bonds is 4. The molecule has 0 aliphatic heterocycles. The van der Waals surface area contributed by atoms with Crippen LogP contribution in [0.3, 0.4) is 0 Å². The summed E-state index contributed by atoms with van der Waals surface area (Å²) in [6.45, 7) is 2.85. The van der Waals surface area contributed by atoms with Crippen molar-refractivity contribution in [2.75, 3.05) is 0 Å². The van der Waals surface area contributed by atoms with Crippen LogP contribution in [0.4, 0.5) is 8.78 Å². The van der Waals surface area contributed by atoms with Gasteiger partial charge in [-0.2, -0.15) is 0 Å². The first-order valence-corrected chi connectivity index (χ1v) is 8.63. The molecule has 4 rings (SSSR count). The minimum Gasteiger partial charge on any atom is -0.453 e. The highest BCUT2D eigenvalue weighted by molar-refractivity contribution is 5.67. The number of aryl methyl sites for hydroxylation is 1. The number of imidazole rings is 1. The van der Waals surface area contributed by atoms with Gasteiger partial charge in [0.1, 0.15) is 5.76 Å². The SMILES string of the molecule is Cc1[nH]c(-c2ccc(-c3ccc(C(C)(F)F)cc3)o2)nc1-c1ccccc1. The van der Waals surface area contributed by atoms with Crippen LogP contribution in [0.15, 0.2) is 71.1 Å². The first kappa shape index (κ1) is 17.2. The Morgan fingerprint density at radius 2 is 1.52 bits per heavy atom. The number of hydrogen-bond acceptors (Lipinski definition) is 2. The molecule has 0 amide bonds. The molecule has 0 saturated heterocycles. The summed E-state index contributed by atoms with van der Waals surface area (Å²) in [5.41, 5.74) is 3.56. The Balaban J connectivity index is 1.64. The second kappa shape index (κ2) is 6.50. The number of hydrogen-bond donors (Lipinski definition) is 1. The molecule has 27 heavy (non-hydrogen) atoms. The van der Waals surface area contributed by atoms with E-state index in [0.717, 1.165) is 29.4 Å². The molecule has 3 nitrogen and oxygen atoms in total. The van der Waals surface area contributed by atoms with Crippen LogP contribution in [0.2, 0.25) is 0 Å². The fraction of sp³-hybridized carbons (Fsp3) is 0.136. The minimum atomic E-state index is -2.85. The van der Waals surface area contributed by atoms with Gasteiger partial charge in [-0.25, -0.2) is 13.8 Å². The van der Waals surface area contributed by atoms with E-state index in [0.29, 0.717) is 17.3 Å². The molecule has 0 saturated carbocycles. The quantitative estimate of drug-likeness (QED) is 0.454. The van der Waals surface area contributed by atoms with E-state index in [1.54, 1.807) is 12.1 Å². The summed E-state index contributed by atoms with van der Waals surface area (Å²) in [4.78, 5) is 7.90. The Kier molecular flexibility index (Phi) is 4.15. The molecule has 0 aliphatic rings. The van der Waals surface area contributed by atoms with Crippen LogP contribution in [0.25, 0.3) is 34.2 Å². The van der Waals surface area contributed by atoms with Crippen LogP contribution in [0, 0.1) is 6.92 Å². The van der Waals surface area contributed by atoms with Crippen LogP contribution in [-0.2, 0) is 5.92 Å². The number of halogens is 2. The van der Waals surface area contributed by atoms with Crippen molar-refractivity contribution in [1.82, 2.24) is 9.97 Å². The molecule has 136 valence electrons. The summed E-state index contributed by atoms with van der Waals surface area (Å²) >= 11 is 0. The number of aromatic amines is 1. The number of aromatic nitrogens is 2. The van der Waals surface area contributed by atoms with E-state index in [9.17, 15) is 8.78 Å². The number of alkyl halides is 2. The largest absolute Gasteiger partial charge is 0.453 e. The second-order valence-electron chi connectivity index (χ2n) is 6.55. The van der Waals surface area contributed by atoms with E-state index in [1.807, 2.05) is 49.4 Å². The number of furan rings is 1. The van der Waals surface area contributed by atoms with E-state index < -0.39 is 5.92 Å². The zero-order chi connectivity index (χ0) is 19.0. The van der Waals surface area contributed by atoms with Crippen molar-refractivity contribution in [1.29, 1.82) is 0 Å². The van der Waals surface area contributed by atoms with Crippen LogP contribution >= 0.6 is 0 Å². The van der Waals surface area contributed by atoms with Crippen molar-refractivity contribution in [2.24, 2.45) is 0 Å². The highest BCUT2D eigenvalue weighted by Crippen LogP contribution is 2.32. The highest BCUT2D eigenvalue weighted by Gasteiger charge is 2.24. The molecule has 5 heteroatoms. The van der Waals surface area contributed by atoms with Gasteiger partial charge in [-0.3, -0.25) is 0 Å². The van der Waals surface area contributed by atoms with E-state index >= 15 is 0 Å². The molecule has 0 aliphatic carbocycles. The van der Waals surface area contributed by atoms with Gasteiger partial charge in [0.05, 0.1) is 5.69 Å². The molecule has 1 N–H and O–H groups in total. The molecule has 0 radical (unpaired) electrons. The van der Waals surface area contributed by atoms with E-state index in [4.69, 9.17) is 4.42 Å². The molecule has 0 fully saturated rings. The lowest BCUT2D eigenvalue weighted by molar-refractivity contribution is 0.0175. The standard InChI is InChI=1S/C22H18F2N2O/c1-14-20(16-6-4-3-5-7-16)26-21(25-14)19-13-12-18(27-19)15-8-10-17(11-9-15)22(2,23)24/h3-13H,1-2H3,(H,25,26). The van der Waals surface area contributed by atoms with Gasteiger partial charge < -0.3 is 9.40 Å². The summed E-state index contributed by atoms with van der Waals surface area (Å²) in [7, 11) is 0. The third-order valence-electron chi connectivity index (χ3n) is 4.45. The number of H-pyrrole nitrogens is 1. The fourth-order valence-electron chi connectivity index (χ4n) is 3.00. The topological polar surface area (TPSA) is 41.8 Å². The molecule has 2 aromatic heterocycles. The van der Waals surface area contributed by atoms with Gasteiger partial charge in [0.15, 0.2) is 11.6 Å². The van der Waals surface area contributed by atoms with Gasteiger partial charge in [-0.1, -0.05) is 54.6 Å². The number of nitrogens with one attached hydrogen (secondary N) is 1. The summed E-state index contributed by atoms with van der Waals surface area (Å²) in [5, 5.41) is 0. The van der Waals surface area contributed by atoms with Gasteiger partial charge >= 0.3 is 0 Å². The molecular formula is C22H18F2N2O. The summed E-state index contributed by atoms with van der Waals surface area (Å²) in [5.74, 6) is -1.02. The maximum Gasteiger partial charge on any atom is 0.270 e. The van der Waals surface area contributed by atoms with Gasteiger partial charge in [0.25, 0.3) is 5.92 Å². The molecule has 2 aromatic carbocycles. The zero-order valence-corrected chi connectivity index (χ0v) is 15.0. The van der Waals surface area contributed by atoms with Crippen LogP contribution < -0.4 is 0 Å². The summed E-state index contributed by atoms with van der Waals surface area (Å²) in [6.07, 6.45) is 0. The highest BCUT2D eigenvalue weighted by atomic mass is 19.3. The average Bonchev–Trinajstić information content (AvgIpc) is 3.29.